The van der Waals surface area contributed by atoms with Gasteiger partial charge < -0.3 is 15.1 Å². The molecule has 2 aliphatic heterocycles. The molecule has 0 aromatic carbocycles. The summed E-state index contributed by atoms with van der Waals surface area (Å²) in [5.41, 5.74) is 2.04. The van der Waals surface area contributed by atoms with Crippen molar-refractivity contribution in [3.63, 3.8) is 0 Å². The van der Waals surface area contributed by atoms with E-state index in [0.29, 0.717) is 30.1 Å². The van der Waals surface area contributed by atoms with Gasteiger partial charge in [0.2, 0.25) is 0 Å². The van der Waals surface area contributed by atoms with Gasteiger partial charge >= 0.3 is 6.03 Å². The average molecular weight is 385 g/mol. The third-order valence-corrected chi connectivity index (χ3v) is 6.64. The Balaban J connectivity index is 1.35. The number of aromatic nitrogens is 1. The number of pyridine rings is 1. The topological polar surface area (TPSA) is 65.5 Å². The second-order valence-electron chi connectivity index (χ2n) is 10.2. The molecule has 1 saturated carbocycles. The second kappa shape index (κ2) is 6.75. The molecule has 0 spiro atoms. The molecule has 0 radical (unpaired) electrons. The first kappa shape index (κ1) is 19.2. The highest BCUT2D eigenvalue weighted by Crippen LogP contribution is 2.52. The highest BCUT2D eigenvalue weighted by atomic mass is 16.2. The van der Waals surface area contributed by atoms with Gasteiger partial charge in [-0.15, -0.1) is 0 Å². The smallest absolute Gasteiger partial charge is 0.317 e. The van der Waals surface area contributed by atoms with Crippen molar-refractivity contribution >= 4 is 11.9 Å². The summed E-state index contributed by atoms with van der Waals surface area (Å²) in [7, 11) is 0. The summed E-state index contributed by atoms with van der Waals surface area (Å²) in [5, 5.41) is 3.20. The van der Waals surface area contributed by atoms with E-state index in [1.165, 1.54) is 6.42 Å². The van der Waals surface area contributed by atoms with Crippen molar-refractivity contribution in [2.24, 2.45) is 10.8 Å². The predicted octanol–water partition coefficient (Wildman–Crippen LogP) is 3.21. The second-order valence-corrected chi connectivity index (χ2v) is 10.2. The fourth-order valence-electron chi connectivity index (χ4n) is 5.79. The largest absolute Gasteiger partial charge is 0.336 e. The van der Waals surface area contributed by atoms with E-state index >= 15 is 0 Å². The molecule has 1 aromatic heterocycles. The SMILES string of the molecule is Cc1ccc(C(=O)N2CC[C@@H](NC(=O)N3CC4(C)CC3CC(C)(C)C4)C2)cn1. The summed E-state index contributed by atoms with van der Waals surface area (Å²) < 4.78 is 0. The first-order valence-corrected chi connectivity index (χ1v) is 10.4. The number of likely N-dealkylation sites (tertiary alicyclic amines) is 2. The molecule has 4 rings (SSSR count). The molecule has 3 atom stereocenters. The fraction of sp³-hybridized carbons (Fsp3) is 0.682. The quantitative estimate of drug-likeness (QED) is 0.851. The van der Waals surface area contributed by atoms with Crippen molar-refractivity contribution in [2.75, 3.05) is 19.6 Å². The molecule has 1 aliphatic carbocycles. The number of carbonyl (C=O) groups excluding carboxylic acids is 2. The lowest BCUT2D eigenvalue weighted by Gasteiger charge is -2.39. The third kappa shape index (κ3) is 3.74. The number of nitrogens with one attached hydrogen (secondary N) is 1. The number of aryl methyl sites for hydroxylation is 1. The number of rotatable bonds is 2. The summed E-state index contributed by atoms with van der Waals surface area (Å²) in [4.78, 5) is 33.8. The van der Waals surface area contributed by atoms with Crippen molar-refractivity contribution in [3.05, 3.63) is 29.6 Å². The lowest BCUT2D eigenvalue weighted by molar-refractivity contribution is 0.0788. The standard InChI is InChI=1S/C22H32N4O2/c1-15-5-6-16(11-23-15)19(27)25-8-7-17(12-25)24-20(28)26-14-22(4)10-18(26)9-21(2,3)13-22/h5-6,11,17-18H,7-10,12-14H2,1-4H3,(H,24,28)/t17-,18?,22?/m1/s1. The van der Waals surface area contributed by atoms with Gasteiger partial charge in [0.05, 0.1) is 5.56 Å². The molecule has 6 heteroatoms. The maximum absolute atomic E-state index is 13.0. The van der Waals surface area contributed by atoms with Gasteiger partial charge in [-0.2, -0.15) is 0 Å². The Hall–Kier alpha value is -2.11. The molecule has 2 saturated heterocycles. The Labute approximate surface area is 167 Å². The lowest BCUT2D eigenvalue weighted by Crippen LogP contribution is -2.48. The van der Waals surface area contributed by atoms with Crippen LogP contribution in [-0.4, -0.2) is 58.4 Å². The minimum Gasteiger partial charge on any atom is -0.336 e. The van der Waals surface area contributed by atoms with Gasteiger partial charge in [-0.05, 0) is 55.6 Å². The van der Waals surface area contributed by atoms with Crippen molar-refractivity contribution in [2.45, 2.75) is 65.5 Å². The van der Waals surface area contributed by atoms with Crippen LogP contribution in [-0.2, 0) is 0 Å². The number of hydrogen-bond acceptors (Lipinski definition) is 3. The van der Waals surface area contributed by atoms with Crippen LogP contribution in [0.15, 0.2) is 18.3 Å². The third-order valence-electron chi connectivity index (χ3n) is 6.64. The maximum Gasteiger partial charge on any atom is 0.317 e. The van der Waals surface area contributed by atoms with Gasteiger partial charge in [-0.25, -0.2) is 4.79 Å². The van der Waals surface area contributed by atoms with E-state index in [2.05, 4.69) is 36.0 Å². The van der Waals surface area contributed by atoms with Crippen molar-refractivity contribution in [1.82, 2.24) is 20.1 Å². The van der Waals surface area contributed by atoms with E-state index in [-0.39, 0.29) is 23.4 Å². The molecule has 152 valence electrons. The molecule has 3 aliphatic rings. The van der Waals surface area contributed by atoms with Gasteiger partial charge in [0, 0.05) is 43.6 Å². The molecule has 28 heavy (non-hydrogen) atoms. The Kier molecular flexibility index (Phi) is 4.63. The lowest BCUT2D eigenvalue weighted by atomic mass is 9.65. The van der Waals surface area contributed by atoms with E-state index in [9.17, 15) is 9.59 Å². The number of nitrogens with zero attached hydrogens (tertiary/aromatic N) is 3. The highest BCUT2D eigenvalue weighted by molar-refractivity contribution is 5.94. The van der Waals surface area contributed by atoms with Crippen molar-refractivity contribution in [3.8, 4) is 0 Å². The molecule has 3 amide bonds. The Bertz CT molecular complexity index is 775. The van der Waals surface area contributed by atoms with E-state index in [1.54, 1.807) is 6.20 Å². The van der Waals surface area contributed by atoms with E-state index in [1.807, 2.05) is 24.0 Å². The zero-order valence-electron chi connectivity index (χ0n) is 17.5. The van der Waals surface area contributed by atoms with Gasteiger partial charge in [0.15, 0.2) is 0 Å². The van der Waals surface area contributed by atoms with Crippen LogP contribution >= 0.6 is 0 Å². The Morgan fingerprint density at radius 3 is 2.71 bits per heavy atom. The van der Waals surface area contributed by atoms with Crippen molar-refractivity contribution in [1.29, 1.82) is 0 Å². The minimum absolute atomic E-state index is 0.00413. The summed E-state index contributed by atoms with van der Waals surface area (Å²) in [6, 6.07) is 4.09. The molecular formula is C22H32N4O2. The van der Waals surface area contributed by atoms with Gasteiger partial charge in [0.1, 0.15) is 0 Å². The zero-order chi connectivity index (χ0) is 20.1. The van der Waals surface area contributed by atoms with E-state index in [4.69, 9.17) is 0 Å². The van der Waals surface area contributed by atoms with Crippen LogP contribution in [0.25, 0.3) is 0 Å². The van der Waals surface area contributed by atoms with Crippen LogP contribution in [0.4, 0.5) is 4.79 Å². The Morgan fingerprint density at radius 1 is 1.21 bits per heavy atom. The molecule has 1 aromatic rings. The van der Waals surface area contributed by atoms with E-state index in [0.717, 1.165) is 31.5 Å². The van der Waals surface area contributed by atoms with Crippen LogP contribution in [0, 0.1) is 17.8 Å². The molecule has 3 fully saturated rings. The monoisotopic (exact) mass is 384 g/mol. The van der Waals surface area contributed by atoms with Crippen LogP contribution in [0.2, 0.25) is 0 Å². The predicted molar refractivity (Wildman–Crippen MR) is 108 cm³/mol. The number of fused-ring (bicyclic) bond motifs is 2. The molecule has 1 N–H and O–H groups in total. The molecule has 6 nitrogen and oxygen atoms in total. The van der Waals surface area contributed by atoms with Gasteiger partial charge in [-0.3, -0.25) is 9.78 Å². The van der Waals surface area contributed by atoms with Crippen LogP contribution in [0.1, 0.15) is 62.5 Å². The van der Waals surface area contributed by atoms with Crippen LogP contribution in [0.5, 0.6) is 0 Å². The average Bonchev–Trinajstić information content (AvgIpc) is 3.16. The molecular weight excluding hydrogens is 352 g/mol. The fourth-order valence-corrected chi connectivity index (χ4v) is 5.79. The van der Waals surface area contributed by atoms with E-state index < -0.39 is 0 Å². The maximum atomic E-state index is 13.0. The highest BCUT2D eigenvalue weighted by Gasteiger charge is 2.51. The number of urea groups is 1. The normalized spacial score (nSPS) is 31.1. The van der Waals surface area contributed by atoms with Gasteiger partial charge in [-0.1, -0.05) is 20.8 Å². The summed E-state index contributed by atoms with van der Waals surface area (Å²) in [6.45, 7) is 10.9. The number of amides is 3. The van der Waals surface area contributed by atoms with Crippen LogP contribution in [0.3, 0.4) is 0 Å². The minimum atomic E-state index is -0.00413. The van der Waals surface area contributed by atoms with Crippen molar-refractivity contribution < 1.29 is 9.59 Å². The summed E-state index contributed by atoms with van der Waals surface area (Å²) in [5.74, 6) is -0.00413. The first-order valence-electron chi connectivity index (χ1n) is 10.4. The summed E-state index contributed by atoms with van der Waals surface area (Å²) >= 11 is 0. The number of hydrogen-bond donors (Lipinski definition) is 1. The Morgan fingerprint density at radius 2 is 2.00 bits per heavy atom. The first-order chi connectivity index (χ1) is 13.1. The zero-order valence-corrected chi connectivity index (χ0v) is 17.5. The van der Waals surface area contributed by atoms with Gasteiger partial charge in [0.25, 0.3) is 5.91 Å². The number of carbonyl (C=O) groups is 2. The molecule has 3 heterocycles. The molecule has 2 bridgehead atoms. The summed E-state index contributed by atoms with van der Waals surface area (Å²) in [6.07, 6.45) is 5.80. The van der Waals surface area contributed by atoms with Crippen LogP contribution < -0.4 is 5.32 Å². The molecule has 2 unspecified atom stereocenters.